The maximum atomic E-state index is 15.2. The number of halogens is 5. The van der Waals surface area contributed by atoms with E-state index in [2.05, 4.69) is 0 Å². The predicted octanol–water partition coefficient (Wildman–Crippen LogP) is 7.83. The van der Waals surface area contributed by atoms with Crippen LogP contribution in [0.1, 0.15) is 94.6 Å². The Bertz CT molecular complexity index is 622. The Morgan fingerprint density at radius 3 is 2.19 bits per heavy atom. The highest BCUT2D eigenvalue weighted by atomic mass is 19.3. The number of rotatable bonds is 5. The Balaban J connectivity index is 1.50. The van der Waals surface area contributed by atoms with Crippen LogP contribution in [0.15, 0.2) is 18.2 Å². The van der Waals surface area contributed by atoms with Crippen LogP contribution in [0.4, 0.5) is 22.0 Å². The molecule has 0 radical (unpaired) electrons. The number of benzene rings is 1. The van der Waals surface area contributed by atoms with Crippen LogP contribution >= 0.6 is 0 Å². The van der Waals surface area contributed by atoms with Crippen molar-refractivity contribution in [1.29, 1.82) is 0 Å². The second kappa shape index (κ2) is 8.08. The topological polar surface area (TPSA) is 0 Å². The van der Waals surface area contributed by atoms with Crippen molar-refractivity contribution >= 4 is 0 Å². The molecule has 0 saturated heterocycles. The van der Waals surface area contributed by atoms with Gasteiger partial charge in [0.25, 0.3) is 6.43 Å². The lowest BCUT2D eigenvalue weighted by molar-refractivity contribution is 0.0627. The van der Waals surface area contributed by atoms with Gasteiger partial charge in [-0.25, -0.2) is 22.0 Å². The third-order valence-corrected chi connectivity index (χ3v) is 6.76. The monoisotopic (exact) mass is 388 g/mol. The van der Waals surface area contributed by atoms with Gasteiger partial charge in [-0.2, -0.15) is 0 Å². The van der Waals surface area contributed by atoms with Gasteiger partial charge in [-0.05, 0) is 94.6 Å². The molecule has 0 spiro atoms. The van der Waals surface area contributed by atoms with Crippen LogP contribution < -0.4 is 0 Å². The first kappa shape index (κ1) is 20.6. The summed E-state index contributed by atoms with van der Waals surface area (Å²) in [5.41, 5.74) is -2.15. The van der Waals surface area contributed by atoms with Crippen molar-refractivity contribution in [2.24, 2.45) is 5.92 Å². The zero-order chi connectivity index (χ0) is 19.7. The molecule has 2 aliphatic rings. The molecule has 2 aliphatic carbocycles. The van der Waals surface area contributed by atoms with Crippen LogP contribution in [0, 0.1) is 11.7 Å². The standard InChI is InChI=1S/C22H29F5/c1-21(26)9-4-15(5-10-21)6-11-22(27)12-7-16(8-13-22)17-2-3-18(20(24)25)19(23)14-17/h2-3,14-16,20H,4-13H2,1H3. The third-order valence-electron chi connectivity index (χ3n) is 6.76. The average molecular weight is 388 g/mol. The smallest absolute Gasteiger partial charge is 0.244 e. The SMILES string of the molecule is CC1(F)CCC(CCC2(F)CCC(c3ccc(C(F)F)c(F)c3)CC2)CC1. The average Bonchev–Trinajstić information content (AvgIpc) is 2.61. The van der Waals surface area contributed by atoms with Crippen LogP contribution in [-0.4, -0.2) is 11.3 Å². The third kappa shape index (κ3) is 5.23. The lowest BCUT2D eigenvalue weighted by Gasteiger charge is -2.36. The van der Waals surface area contributed by atoms with Crippen LogP contribution in [0.3, 0.4) is 0 Å². The first-order chi connectivity index (χ1) is 12.7. The van der Waals surface area contributed by atoms with E-state index in [-0.39, 0.29) is 5.92 Å². The van der Waals surface area contributed by atoms with Gasteiger partial charge in [0.1, 0.15) is 17.2 Å². The van der Waals surface area contributed by atoms with Gasteiger partial charge in [-0.1, -0.05) is 12.1 Å². The molecule has 0 atom stereocenters. The lowest BCUT2D eigenvalue weighted by atomic mass is 9.72. The molecule has 0 bridgehead atoms. The molecule has 2 fully saturated rings. The van der Waals surface area contributed by atoms with Crippen molar-refractivity contribution < 1.29 is 22.0 Å². The quantitative estimate of drug-likeness (QED) is 0.451. The second-order valence-electron chi connectivity index (χ2n) is 8.90. The minimum atomic E-state index is -2.82. The summed E-state index contributed by atoms with van der Waals surface area (Å²) in [7, 11) is 0. The van der Waals surface area contributed by atoms with Crippen molar-refractivity contribution in [3.63, 3.8) is 0 Å². The van der Waals surface area contributed by atoms with E-state index in [4.69, 9.17) is 0 Å². The van der Waals surface area contributed by atoms with Crippen LogP contribution in [0.5, 0.6) is 0 Å². The minimum absolute atomic E-state index is 0.0250. The predicted molar refractivity (Wildman–Crippen MR) is 97.1 cm³/mol. The Kier molecular flexibility index (Phi) is 6.17. The van der Waals surface area contributed by atoms with E-state index >= 15 is 4.39 Å². The summed E-state index contributed by atoms with van der Waals surface area (Å²) in [6.07, 6.45) is 3.35. The fourth-order valence-electron chi connectivity index (χ4n) is 4.72. The first-order valence-corrected chi connectivity index (χ1v) is 10.1. The normalized spacial score (nSPS) is 34.8. The second-order valence-corrected chi connectivity index (χ2v) is 8.90. The van der Waals surface area contributed by atoms with E-state index in [1.165, 1.54) is 6.07 Å². The fraction of sp³-hybridized carbons (Fsp3) is 0.727. The molecule has 3 rings (SSSR count). The van der Waals surface area contributed by atoms with Crippen LogP contribution in [0.2, 0.25) is 0 Å². The molecule has 0 amide bonds. The number of hydrogen-bond acceptors (Lipinski definition) is 0. The molecule has 152 valence electrons. The largest absolute Gasteiger partial charge is 0.266 e. The molecule has 0 aliphatic heterocycles. The summed E-state index contributed by atoms with van der Waals surface area (Å²) in [5.74, 6) is -0.441. The molecular formula is C22H29F5. The highest BCUT2D eigenvalue weighted by Gasteiger charge is 2.37. The fourth-order valence-corrected chi connectivity index (χ4v) is 4.72. The van der Waals surface area contributed by atoms with Gasteiger partial charge in [0, 0.05) is 0 Å². The summed E-state index contributed by atoms with van der Waals surface area (Å²) in [5, 5.41) is 0. The van der Waals surface area contributed by atoms with Gasteiger partial charge in [-0.3, -0.25) is 0 Å². The summed E-state index contributed by atoms with van der Waals surface area (Å²) in [4.78, 5) is 0. The molecule has 5 heteroatoms. The summed E-state index contributed by atoms with van der Waals surface area (Å²) in [6, 6.07) is 3.89. The van der Waals surface area contributed by atoms with Crippen LogP contribution in [-0.2, 0) is 0 Å². The van der Waals surface area contributed by atoms with Crippen molar-refractivity contribution in [1.82, 2.24) is 0 Å². The maximum absolute atomic E-state index is 15.2. The first-order valence-electron chi connectivity index (χ1n) is 10.1. The molecule has 1 aromatic rings. The van der Waals surface area contributed by atoms with Gasteiger partial charge in [0.2, 0.25) is 0 Å². The molecule has 0 heterocycles. The van der Waals surface area contributed by atoms with Crippen molar-refractivity contribution in [3.05, 3.63) is 35.1 Å². The van der Waals surface area contributed by atoms with Crippen molar-refractivity contribution in [2.45, 2.75) is 94.8 Å². The molecule has 1 aromatic carbocycles. The maximum Gasteiger partial charge on any atom is 0.266 e. The molecule has 27 heavy (non-hydrogen) atoms. The van der Waals surface area contributed by atoms with Gasteiger partial charge in [0.05, 0.1) is 5.56 Å². The van der Waals surface area contributed by atoms with Crippen molar-refractivity contribution in [2.75, 3.05) is 0 Å². The summed E-state index contributed by atoms with van der Waals surface area (Å²) >= 11 is 0. The van der Waals surface area contributed by atoms with E-state index in [9.17, 15) is 17.6 Å². The van der Waals surface area contributed by atoms with Gasteiger partial charge >= 0.3 is 0 Å². The van der Waals surface area contributed by atoms with Gasteiger partial charge in [-0.15, -0.1) is 0 Å². The van der Waals surface area contributed by atoms with Gasteiger partial charge < -0.3 is 0 Å². The summed E-state index contributed by atoms with van der Waals surface area (Å²) < 4.78 is 68.2. The van der Waals surface area contributed by atoms with Crippen LogP contribution in [0.25, 0.3) is 0 Å². The Morgan fingerprint density at radius 1 is 1.00 bits per heavy atom. The molecule has 0 unspecified atom stereocenters. The highest BCUT2D eigenvalue weighted by Crippen LogP contribution is 2.45. The Labute approximate surface area is 158 Å². The van der Waals surface area contributed by atoms with E-state index < -0.39 is 29.1 Å². The van der Waals surface area contributed by atoms with Gasteiger partial charge in [0.15, 0.2) is 0 Å². The number of hydrogen-bond donors (Lipinski definition) is 0. The zero-order valence-corrected chi connectivity index (χ0v) is 15.9. The zero-order valence-electron chi connectivity index (χ0n) is 15.9. The minimum Gasteiger partial charge on any atom is -0.244 e. The Hall–Kier alpha value is -1.13. The molecule has 0 nitrogen and oxygen atoms in total. The lowest BCUT2D eigenvalue weighted by Crippen LogP contribution is -2.31. The molecular weight excluding hydrogens is 359 g/mol. The molecule has 0 N–H and O–H groups in total. The summed E-state index contributed by atoms with van der Waals surface area (Å²) in [6.45, 7) is 1.65. The highest BCUT2D eigenvalue weighted by molar-refractivity contribution is 5.28. The van der Waals surface area contributed by atoms with E-state index in [0.29, 0.717) is 56.4 Å². The van der Waals surface area contributed by atoms with E-state index in [1.807, 2.05) is 0 Å². The van der Waals surface area contributed by atoms with Crippen molar-refractivity contribution in [3.8, 4) is 0 Å². The number of alkyl halides is 4. The molecule has 2 saturated carbocycles. The van der Waals surface area contributed by atoms with E-state index in [0.717, 1.165) is 25.3 Å². The van der Waals surface area contributed by atoms with E-state index in [1.54, 1.807) is 13.0 Å². The Morgan fingerprint density at radius 2 is 1.63 bits per heavy atom. The molecule has 0 aromatic heterocycles.